The van der Waals surface area contributed by atoms with Gasteiger partial charge in [-0.1, -0.05) is 12.5 Å². The van der Waals surface area contributed by atoms with Crippen LogP contribution in [-0.2, 0) is 0 Å². The average molecular weight is 196 g/mol. The summed E-state index contributed by atoms with van der Waals surface area (Å²) in [5.74, 6) is 2.26. The third kappa shape index (κ3) is 3.39. The van der Waals surface area contributed by atoms with Crippen molar-refractivity contribution in [3.8, 4) is 0 Å². The first-order valence-electron chi connectivity index (χ1n) is 3.74. The van der Waals surface area contributed by atoms with Gasteiger partial charge in [-0.15, -0.1) is 36.2 Å². The van der Waals surface area contributed by atoms with E-state index in [9.17, 15) is 5.11 Å². The maximum atomic E-state index is 11.7. The Balaban J connectivity index is 0.00000121. The molecule has 0 aromatic heterocycles. The van der Waals surface area contributed by atoms with Gasteiger partial charge in [-0.2, -0.15) is 0 Å². The summed E-state index contributed by atoms with van der Waals surface area (Å²) in [6.07, 6.45) is 2.77. The van der Waals surface area contributed by atoms with Crippen LogP contribution in [0.5, 0.6) is 0 Å². The van der Waals surface area contributed by atoms with Crippen LogP contribution < -0.4 is 24.0 Å². The second-order valence-corrected chi connectivity index (χ2v) is 5.54. The van der Waals surface area contributed by atoms with E-state index in [4.69, 9.17) is 0 Å². The minimum atomic E-state index is -0.949. The van der Waals surface area contributed by atoms with Crippen LogP contribution in [0, 0.1) is 0 Å². The van der Waals surface area contributed by atoms with Gasteiger partial charge in [0.15, 0.2) is 0 Å². The van der Waals surface area contributed by atoms with Crippen LogP contribution in [0.2, 0.25) is 0 Å². The second kappa shape index (κ2) is 5.67. The predicted octanol–water partition coefficient (Wildman–Crippen LogP) is -1.51. The van der Waals surface area contributed by atoms with Crippen LogP contribution in [0.15, 0.2) is 12.7 Å². The van der Waals surface area contributed by atoms with Crippen LogP contribution in [0.25, 0.3) is 0 Å². The summed E-state index contributed by atoms with van der Waals surface area (Å²) < 4.78 is 0.175. The summed E-state index contributed by atoms with van der Waals surface area (Å²) in [5.41, 5.74) is -0.949. The van der Waals surface area contributed by atoms with E-state index in [1.807, 2.05) is 0 Å². The Morgan fingerprint density at radius 1 is 1.50 bits per heavy atom. The molecule has 1 heterocycles. The summed E-state index contributed by atoms with van der Waals surface area (Å²) in [5, 5.41) is 11.7. The maximum absolute atomic E-state index is 11.7. The Kier molecular flexibility index (Phi) is 6.14. The normalized spacial score (nSPS) is 23.8. The Hall–Kier alpha value is 0.997. The van der Waals surface area contributed by atoms with Gasteiger partial charge in [0, 0.05) is 4.58 Å². The molecule has 0 bridgehead atoms. The Morgan fingerprint density at radius 3 is 2.42 bits per heavy atom. The standard InChI is InChI=1S/C8H13OS2.Li/c1-3-8(2,9)7-10-5-4-6-11-7;/h3,7H,1,4-6H2,2H3;/q-1;+1. The van der Waals surface area contributed by atoms with Crippen LogP contribution in [0.4, 0.5) is 0 Å². The fourth-order valence-electron chi connectivity index (χ4n) is 0.915. The van der Waals surface area contributed by atoms with Gasteiger partial charge in [0.25, 0.3) is 0 Å². The summed E-state index contributed by atoms with van der Waals surface area (Å²) in [4.78, 5) is 0. The Bertz CT molecular complexity index is 144. The molecule has 64 valence electrons. The maximum Gasteiger partial charge on any atom is 1.00 e. The zero-order valence-electron chi connectivity index (χ0n) is 7.71. The van der Waals surface area contributed by atoms with E-state index in [0.29, 0.717) is 0 Å². The molecule has 0 aromatic carbocycles. The number of rotatable bonds is 2. The Labute approximate surface area is 94.9 Å². The molecule has 1 aliphatic rings. The minimum absolute atomic E-state index is 0. The molecular formula is C8H13LiOS2. The van der Waals surface area contributed by atoms with Crippen molar-refractivity contribution < 1.29 is 24.0 Å². The molecule has 0 saturated carbocycles. The monoisotopic (exact) mass is 196 g/mol. The van der Waals surface area contributed by atoms with Crippen molar-refractivity contribution in [1.82, 2.24) is 0 Å². The summed E-state index contributed by atoms with van der Waals surface area (Å²) in [6, 6.07) is 0. The second-order valence-electron chi connectivity index (χ2n) is 2.82. The van der Waals surface area contributed by atoms with Crippen molar-refractivity contribution in [2.24, 2.45) is 0 Å². The van der Waals surface area contributed by atoms with Gasteiger partial charge in [-0.3, -0.25) is 0 Å². The number of hydrogen-bond donors (Lipinski definition) is 0. The molecule has 0 aliphatic carbocycles. The molecule has 1 atom stereocenters. The molecule has 0 radical (unpaired) electrons. The zero-order chi connectivity index (χ0) is 8.32. The number of hydrogen-bond acceptors (Lipinski definition) is 3. The summed E-state index contributed by atoms with van der Waals surface area (Å²) in [7, 11) is 0. The van der Waals surface area contributed by atoms with Gasteiger partial charge in [0.05, 0.1) is 0 Å². The molecule has 0 N–H and O–H groups in total. The van der Waals surface area contributed by atoms with Crippen LogP contribution in [-0.4, -0.2) is 21.7 Å². The van der Waals surface area contributed by atoms with Crippen molar-refractivity contribution in [2.45, 2.75) is 23.5 Å². The van der Waals surface area contributed by atoms with Crippen molar-refractivity contribution >= 4 is 23.5 Å². The molecule has 1 unspecified atom stereocenters. The first kappa shape index (κ1) is 13.0. The molecule has 4 heteroatoms. The largest absolute Gasteiger partial charge is 1.00 e. The molecule has 1 nitrogen and oxygen atoms in total. The SMILES string of the molecule is C=CC(C)([O-])C1SCCCS1.[Li+]. The van der Waals surface area contributed by atoms with E-state index in [-0.39, 0.29) is 23.4 Å². The zero-order valence-corrected chi connectivity index (χ0v) is 9.34. The molecule has 0 spiro atoms. The summed E-state index contributed by atoms with van der Waals surface area (Å²) in [6.45, 7) is 5.29. The first-order valence-corrected chi connectivity index (χ1v) is 5.84. The fourth-order valence-corrected chi connectivity index (χ4v) is 3.96. The molecule has 12 heavy (non-hydrogen) atoms. The molecule has 0 aromatic rings. The van der Waals surface area contributed by atoms with Crippen molar-refractivity contribution in [2.75, 3.05) is 11.5 Å². The van der Waals surface area contributed by atoms with Gasteiger partial charge < -0.3 is 5.11 Å². The molecule has 1 rings (SSSR count). The van der Waals surface area contributed by atoms with Crippen molar-refractivity contribution in [1.29, 1.82) is 0 Å². The van der Waals surface area contributed by atoms with E-state index in [2.05, 4.69) is 6.58 Å². The van der Waals surface area contributed by atoms with E-state index in [1.165, 1.54) is 12.5 Å². The van der Waals surface area contributed by atoms with Gasteiger partial charge >= 0.3 is 18.9 Å². The smallest absolute Gasteiger partial charge is 0.845 e. The topological polar surface area (TPSA) is 23.1 Å². The van der Waals surface area contributed by atoms with Crippen molar-refractivity contribution in [3.63, 3.8) is 0 Å². The van der Waals surface area contributed by atoms with Crippen LogP contribution in [0.1, 0.15) is 13.3 Å². The average Bonchev–Trinajstić information content (AvgIpc) is 2.06. The minimum Gasteiger partial charge on any atom is -0.845 e. The van der Waals surface area contributed by atoms with E-state index < -0.39 is 5.60 Å². The van der Waals surface area contributed by atoms with Crippen molar-refractivity contribution in [3.05, 3.63) is 12.7 Å². The predicted molar refractivity (Wildman–Crippen MR) is 51.9 cm³/mol. The van der Waals surface area contributed by atoms with Gasteiger partial charge in [0.1, 0.15) is 0 Å². The van der Waals surface area contributed by atoms with E-state index >= 15 is 0 Å². The summed E-state index contributed by atoms with van der Waals surface area (Å²) >= 11 is 3.55. The van der Waals surface area contributed by atoms with Gasteiger partial charge in [-0.25, -0.2) is 0 Å². The molecule has 1 saturated heterocycles. The Morgan fingerprint density at radius 2 is 2.00 bits per heavy atom. The fraction of sp³-hybridized carbons (Fsp3) is 0.750. The van der Waals surface area contributed by atoms with E-state index in [0.717, 1.165) is 11.5 Å². The van der Waals surface area contributed by atoms with Gasteiger partial charge in [-0.05, 0) is 17.9 Å². The van der Waals surface area contributed by atoms with E-state index in [1.54, 1.807) is 30.4 Å². The van der Waals surface area contributed by atoms with Gasteiger partial charge in [0.2, 0.25) is 0 Å². The molecular weight excluding hydrogens is 183 g/mol. The van der Waals surface area contributed by atoms with Crippen LogP contribution >= 0.6 is 23.5 Å². The quantitative estimate of drug-likeness (QED) is 0.396. The third-order valence-electron chi connectivity index (χ3n) is 1.70. The third-order valence-corrected chi connectivity index (χ3v) is 5.11. The molecule has 1 aliphatic heterocycles. The molecule has 1 fully saturated rings. The first-order chi connectivity index (χ1) is 5.17. The molecule has 0 amide bonds. The number of thioether (sulfide) groups is 2. The van der Waals surface area contributed by atoms with Crippen LogP contribution in [0.3, 0.4) is 0 Å².